The van der Waals surface area contributed by atoms with Gasteiger partial charge in [-0.25, -0.2) is 0 Å². The van der Waals surface area contributed by atoms with E-state index in [-0.39, 0.29) is 12.1 Å². The van der Waals surface area contributed by atoms with Gasteiger partial charge in [0.25, 0.3) is 0 Å². The fraction of sp³-hybridized carbons (Fsp3) is 0.625. The molecule has 0 bridgehead atoms. The van der Waals surface area contributed by atoms with Gasteiger partial charge in [0.05, 0.1) is 12.7 Å². The maximum absolute atomic E-state index is 6.32. The Bertz CT molecular complexity index is 375. The molecule has 0 amide bonds. The monoisotopic (exact) mass is 247 g/mol. The summed E-state index contributed by atoms with van der Waals surface area (Å²) < 4.78 is 5.90. The lowest BCUT2D eigenvalue weighted by Gasteiger charge is -2.30. The number of ether oxygens (including phenoxy) is 1. The molecular weight excluding hydrogens is 222 g/mol. The van der Waals surface area contributed by atoms with Crippen molar-refractivity contribution in [3.63, 3.8) is 0 Å². The lowest BCUT2D eigenvalue weighted by Crippen LogP contribution is -2.33. The van der Waals surface area contributed by atoms with Crippen LogP contribution in [0.3, 0.4) is 0 Å². The summed E-state index contributed by atoms with van der Waals surface area (Å²) in [6, 6.07) is 8.69. The second-order valence-corrected chi connectivity index (χ2v) is 5.73. The zero-order valence-corrected chi connectivity index (χ0v) is 11.6. The quantitative estimate of drug-likeness (QED) is 0.865. The summed E-state index contributed by atoms with van der Waals surface area (Å²) in [7, 11) is 0. The zero-order chi connectivity index (χ0) is 13.0. The maximum atomic E-state index is 6.32. The molecule has 1 heterocycles. The van der Waals surface area contributed by atoms with Gasteiger partial charge < -0.3 is 10.5 Å². The third kappa shape index (κ3) is 3.33. The lowest BCUT2D eigenvalue weighted by atomic mass is 9.91. The van der Waals surface area contributed by atoms with Crippen molar-refractivity contribution in [2.45, 2.75) is 51.7 Å². The molecule has 0 spiro atoms. The van der Waals surface area contributed by atoms with Crippen LogP contribution in [0.5, 0.6) is 0 Å². The molecule has 0 aliphatic carbocycles. The van der Waals surface area contributed by atoms with Crippen molar-refractivity contribution in [3.8, 4) is 0 Å². The van der Waals surface area contributed by atoms with Crippen LogP contribution in [-0.4, -0.2) is 12.6 Å². The summed E-state index contributed by atoms with van der Waals surface area (Å²) in [6.45, 7) is 5.33. The van der Waals surface area contributed by atoms with Gasteiger partial charge in [-0.1, -0.05) is 51.0 Å². The smallest absolute Gasteiger partial charge is 0.0978 e. The van der Waals surface area contributed by atoms with Crippen molar-refractivity contribution in [2.75, 3.05) is 6.61 Å². The molecule has 2 rings (SSSR count). The Morgan fingerprint density at radius 1 is 1.28 bits per heavy atom. The zero-order valence-electron chi connectivity index (χ0n) is 11.6. The van der Waals surface area contributed by atoms with Crippen LogP contribution in [0.2, 0.25) is 0 Å². The minimum atomic E-state index is 0.0992. The average molecular weight is 247 g/mol. The molecule has 100 valence electrons. The van der Waals surface area contributed by atoms with Gasteiger partial charge in [0.2, 0.25) is 0 Å². The van der Waals surface area contributed by atoms with Crippen LogP contribution in [0.15, 0.2) is 24.3 Å². The SMILES string of the molecule is CC(C)CCCC(N)C1OCCc2ccccc21. The van der Waals surface area contributed by atoms with E-state index in [0.717, 1.165) is 25.4 Å². The summed E-state index contributed by atoms with van der Waals surface area (Å²) in [5.41, 5.74) is 9.04. The van der Waals surface area contributed by atoms with Crippen molar-refractivity contribution in [1.82, 2.24) is 0 Å². The average Bonchev–Trinajstić information content (AvgIpc) is 2.37. The maximum Gasteiger partial charge on any atom is 0.0978 e. The van der Waals surface area contributed by atoms with Gasteiger partial charge in [-0.2, -0.15) is 0 Å². The van der Waals surface area contributed by atoms with E-state index in [1.807, 2.05) is 0 Å². The molecule has 1 aliphatic rings. The van der Waals surface area contributed by atoms with Crippen LogP contribution >= 0.6 is 0 Å². The summed E-state index contributed by atoms with van der Waals surface area (Å²) >= 11 is 0. The summed E-state index contributed by atoms with van der Waals surface area (Å²) in [4.78, 5) is 0. The molecule has 2 unspecified atom stereocenters. The van der Waals surface area contributed by atoms with Gasteiger partial charge >= 0.3 is 0 Å². The molecule has 1 aliphatic heterocycles. The molecular formula is C16H25NO. The molecule has 0 saturated carbocycles. The Balaban J connectivity index is 1.97. The van der Waals surface area contributed by atoms with Gasteiger partial charge in [-0.3, -0.25) is 0 Å². The van der Waals surface area contributed by atoms with Crippen LogP contribution in [-0.2, 0) is 11.2 Å². The number of hydrogen-bond acceptors (Lipinski definition) is 2. The molecule has 0 fully saturated rings. The van der Waals surface area contributed by atoms with Gasteiger partial charge in [0.1, 0.15) is 0 Å². The highest BCUT2D eigenvalue weighted by atomic mass is 16.5. The molecule has 2 N–H and O–H groups in total. The largest absolute Gasteiger partial charge is 0.372 e. The first-order valence-corrected chi connectivity index (χ1v) is 7.13. The summed E-state index contributed by atoms with van der Waals surface area (Å²) in [6.07, 6.45) is 4.62. The number of fused-ring (bicyclic) bond motifs is 1. The molecule has 0 radical (unpaired) electrons. The molecule has 2 nitrogen and oxygen atoms in total. The van der Waals surface area contributed by atoms with Crippen molar-refractivity contribution >= 4 is 0 Å². The standard InChI is InChI=1S/C16H25NO/c1-12(2)6-5-9-15(17)16-14-8-4-3-7-13(14)10-11-18-16/h3-4,7-8,12,15-16H,5-6,9-11,17H2,1-2H3. The second kappa shape index (κ2) is 6.35. The minimum absolute atomic E-state index is 0.0992. The highest BCUT2D eigenvalue weighted by molar-refractivity contribution is 5.31. The predicted molar refractivity (Wildman–Crippen MR) is 75.5 cm³/mol. The van der Waals surface area contributed by atoms with Crippen molar-refractivity contribution in [3.05, 3.63) is 35.4 Å². The Hall–Kier alpha value is -0.860. The number of nitrogens with two attached hydrogens (primary N) is 1. The summed E-state index contributed by atoms with van der Waals surface area (Å²) in [5.74, 6) is 0.761. The van der Waals surface area contributed by atoms with Gasteiger partial charge in [-0.05, 0) is 29.9 Å². The van der Waals surface area contributed by atoms with Crippen molar-refractivity contribution in [1.29, 1.82) is 0 Å². The van der Waals surface area contributed by atoms with Gasteiger partial charge in [0.15, 0.2) is 0 Å². The molecule has 1 aromatic rings. The van der Waals surface area contributed by atoms with E-state index in [0.29, 0.717) is 0 Å². The Labute approximate surface area is 111 Å². The van der Waals surface area contributed by atoms with E-state index in [1.54, 1.807) is 0 Å². The molecule has 18 heavy (non-hydrogen) atoms. The Kier molecular flexibility index (Phi) is 4.79. The molecule has 0 saturated heterocycles. The first kappa shape index (κ1) is 13.6. The minimum Gasteiger partial charge on any atom is -0.372 e. The van der Waals surface area contributed by atoms with E-state index in [1.165, 1.54) is 24.0 Å². The molecule has 0 aromatic heterocycles. The van der Waals surface area contributed by atoms with Gasteiger partial charge in [0, 0.05) is 6.04 Å². The van der Waals surface area contributed by atoms with E-state index in [2.05, 4.69) is 38.1 Å². The van der Waals surface area contributed by atoms with E-state index in [4.69, 9.17) is 10.5 Å². The van der Waals surface area contributed by atoms with Crippen LogP contribution < -0.4 is 5.73 Å². The van der Waals surface area contributed by atoms with Crippen LogP contribution in [0, 0.1) is 5.92 Å². The van der Waals surface area contributed by atoms with Crippen molar-refractivity contribution < 1.29 is 4.74 Å². The van der Waals surface area contributed by atoms with E-state index in [9.17, 15) is 0 Å². The molecule has 2 heteroatoms. The molecule has 2 atom stereocenters. The Morgan fingerprint density at radius 2 is 2.06 bits per heavy atom. The normalized spacial score (nSPS) is 20.8. The lowest BCUT2D eigenvalue weighted by molar-refractivity contribution is 0.0220. The highest BCUT2D eigenvalue weighted by Crippen LogP contribution is 2.30. The van der Waals surface area contributed by atoms with Crippen molar-refractivity contribution in [2.24, 2.45) is 11.7 Å². The van der Waals surface area contributed by atoms with Gasteiger partial charge in [-0.15, -0.1) is 0 Å². The predicted octanol–water partition coefficient (Wildman–Crippen LogP) is 3.45. The third-order valence-electron chi connectivity index (χ3n) is 3.74. The highest BCUT2D eigenvalue weighted by Gasteiger charge is 2.25. The van der Waals surface area contributed by atoms with Crippen LogP contribution in [0.4, 0.5) is 0 Å². The fourth-order valence-electron chi connectivity index (χ4n) is 2.69. The number of benzene rings is 1. The second-order valence-electron chi connectivity index (χ2n) is 5.73. The van der Waals surface area contributed by atoms with Crippen LogP contribution in [0.25, 0.3) is 0 Å². The number of hydrogen-bond donors (Lipinski definition) is 1. The van der Waals surface area contributed by atoms with E-state index >= 15 is 0 Å². The first-order valence-electron chi connectivity index (χ1n) is 7.13. The Morgan fingerprint density at radius 3 is 2.83 bits per heavy atom. The number of rotatable bonds is 5. The topological polar surface area (TPSA) is 35.2 Å². The summed E-state index contributed by atoms with van der Waals surface area (Å²) in [5, 5.41) is 0. The molecule has 1 aromatic carbocycles. The van der Waals surface area contributed by atoms with Crippen LogP contribution in [0.1, 0.15) is 50.3 Å². The third-order valence-corrected chi connectivity index (χ3v) is 3.74. The van der Waals surface area contributed by atoms with E-state index < -0.39 is 0 Å². The fourth-order valence-corrected chi connectivity index (χ4v) is 2.69. The first-order chi connectivity index (χ1) is 8.68.